The molecule has 0 aromatic heterocycles. The fourth-order valence-corrected chi connectivity index (χ4v) is 2.86. The minimum atomic E-state index is 1.10. The lowest BCUT2D eigenvalue weighted by atomic mass is 9.90. The smallest absolute Gasteiger partial charge is 0.0384 e. The van der Waals surface area contributed by atoms with Crippen LogP contribution in [0.1, 0.15) is 47.6 Å². The molecule has 1 nitrogen and oxygen atoms in total. The van der Waals surface area contributed by atoms with Gasteiger partial charge in [-0.1, -0.05) is 13.3 Å². The maximum atomic E-state index is 6.29. The van der Waals surface area contributed by atoms with Gasteiger partial charge in [-0.15, -0.1) is 0 Å². The molecule has 1 aliphatic carbocycles. The molecule has 0 saturated heterocycles. The van der Waals surface area contributed by atoms with E-state index in [4.69, 9.17) is 5.73 Å². The zero-order chi connectivity index (χ0) is 11.0. The van der Waals surface area contributed by atoms with Crippen molar-refractivity contribution in [1.82, 2.24) is 0 Å². The van der Waals surface area contributed by atoms with Gasteiger partial charge in [0.15, 0.2) is 0 Å². The van der Waals surface area contributed by atoms with Gasteiger partial charge in [0.1, 0.15) is 0 Å². The predicted octanol–water partition coefficient (Wildman–Crippen LogP) is 3.33. The first-order valence-corrected chi connectivity index (χ1v) is 6.06. The molecule has 0 spiro atoms. The summed E-state index contributed by atoms with van der Waals surface area (Å²) in [7, 11) is 0. The Hall–Kier alpha value is -0.980. The molecule has 1 aliphatic rings. The number of benzene rings is 1. The van der Waals surface area contributed by atoms with Crippen LogP contribution < -0.4 is 5.73 Å². The van der Waals surface area contributed by atoms with Gasteiger partial charge >= 0.3 is 0 Å². The summed E-state index contributed by atoms with van der Waals surface area (Å²) in [6.45, 7) is 6.72. The number of fused-ring (bicyclic) bond motifs is 1. The van der Waals surface area contributed by atoms with Gasteiger partial charge in [-0.25, -0.2) is 0 Å². The molecule has 1 heteroatoms. The highest BCUT2D eigenvalue weighted by Gasteiger charge is 2.20. The summed E-state index contributed by atoms with van der Waals surface area (Å²) in [5.41, 5.74) is 14.8. The van der Waals surface area contributed by atoms with Crippen LogP contribution in [-0.4, -0.2) is 0 Å². The lowest BCUT2D eigenvalue weighted by Gasteiger charge is -2.17. The molecule has 1 aromatic rings. The molecule has 1 aromatic carbocycles. The third-order valence-corrected chi connectivity index (χ3v) is 3.84. The van der Waals surface area contributed by atoms with E-state index in [1.54, 1.807) is 5.56 Å². The van der Waals surface area contributed by atoms with Gasteiger partial charge in [-0.2, -0.15) is 0 Å². The molecule has 0 fully saturated rings. The highest BCUT2D eigenvalue weighted by Crippen LogP contribution is 2.35. The van der Waals surface area contributed by atoms with Crippen molar-refractivity contribution in [2.24, 2.45) is 0 Å². The van der Waals surface area contributed by atoms with Gasteiger partial charge in [-0.3, -0.25) is 0 Å². The van der Waals surface area contributed by atoms with E-state index in [1.807, 2.05) is 0 Å². The van der Waals surface area contributed by atoms with Gasteiger partial charge in [0.05, 0.1) is 0 Å². The Bertz CT molecular complexity index is 391. The van der Waals surface area contributed by atoms with Crippen LogP contribution in [0.2, 0.25) is 0 Å². The van der Waals surface area contributed by atoms with E-state index in [9.17, 15) is 0 Å². The molecule has 0 radical (unpaired) electrons. The summed E-state index contributed by atoms with van der Waals surface area (Å²) in [5.74, 6) is 0. The lowest BCUT2D eigenvalue weighted by Crippen LogP contribution is -2.05. The van der Waals surface area contributed by atoms with Crippen molar-refractivity contribution in [3.05, 3.63) is 27.8 Å². The summed E-state index contributed by atoms with van der Waals surface area (Å²) < 4.78 is 0. The Morgan fingerprint density at radius 2 is 1.73 bits per heavy atom. The zero-order valence-corrected chi connectivity index (χ0v) is 10.1. The molecule has 0 bridgehead atoms. The highest BCUT2D eigenvalue weighted by atomic mass is 14.6. The number of nitrogens with two attached hydrogens (primary N) is 1. The quantitative estimate of drug-likeness (QED) is 0.733. The summed E-state index contributed by atoms with van der Waals surface area (Å²) in [6, 6.07) is 0. The van der Waals surface area contributed by atoms with E-state index in [0.717, 1.165) is 12.1 Å². The Kier molecular flexibility index (Phi) is 2.72. The molecule has 0 aliphatic heterocycles. The number of hydrogen-bond acceptors (Lipinski definition) is 1. The Balaban J connectivity index is 2.62. The first-order valence-electron chi connectivity index (χ1n) is 6.06. The van der Waals surface area contributed by atoms with E-state index in [2.05, 4.69) is 20.8 Å². The van der Waals surface area contributed by atoms with Crippen LogP contribution in [0.25, 0.3) is 0 Å². The second-order valence-corrected chi connectivity index (χ2v) is 4.70. The van der Waals surface area contributed by atoms with Crippen molar-refractivity contribution in [3.63, 3.8) is 0 Å². The third-order valence-electron chi connectivity index (χ3n) is 3.84. The Labute approximate surface area is 92.7 Å². The first-order chi connectivity index (χ1) is 7.16. The van der Waals surface area contributed by atoms with Crippen LogP contribution in [0, 0.1) is 13.8 Å². The largest absolute Gasteiger partial charge is 0.398 e. The van der Waals surface area contributed by atoms with Crippen LogP contribution in [0.15, 0.2) is 0 Å². The lowest BCUT2D eigenvalue weighted by molar-refractivity contribution is 0.907. The topological polar surface area (TPSA) is 26.0 Å². The van der Waals surface area contributed by atoms with Gasteiger partial charge in [0.25, 0.3) is 0 Å². The normalized spacial score (nSPS) is 14.3. The molecule has 0 atom stereocenters. The van der Waals surface area contributed by atoms with Crippen LogP contribution >= 0.6 is 0 Å². The average Bonchev–Trinajstić information content (AvgIpc) is 2.70. The number of rotatable bonds is 2. The van der Waals surface area contributed by atoms with Gasteiger partial charge in [0, 0.05) is 5.69 Å². The molecule has 2 rings (SSSR count). The van der Waals surface area contributed by atoms with Gasteiger partial charge in [-0.05, 0) is 67.3 Å². The standard InChI is InChI=1S/C14H21N/c1-4-6-12-10(3)9(2)11-7-5-8-13(11)14(12)15/h4-8,15H2,1-3H3. The minimum absolute atomic E-state index is 1.10. The molecule has 0 saturated carbocycles. The highest BCUT2D eigenvalue weighted by molar-refractivity contribution is 5.64. The Morgan fingerprint density at radius 1 is 1.07 bits per heavy atom. The first kappa shape index (κ1) is 10.5. The van der Waals surface area contributed by atoms with Crippen molar-refractivity contribution in [1.29, 1.82) is 0 Å². The predicted molar refractivity (Wildman–Crippen MR) is 66.3 cm³/mol. The summed E-state index contributed by atoms with van der Waals surface area (Å²) in [6.07, 6.45) is 6.03. The summed E-state index contributed by atoms with van der Waals surface area (Å²) >= 11 is 0. The zero-order valence-electron chi connectivity index (χ0n) is 10.1. The van der Waals surface area contributed by atoms with E-state index in [1.165, 1.54) is 47.9 Å². The summed E-state index contributed by atoms with van der Waals surface area (Å²) in [5, 5.41) is 0. The van der Waals surface area contributed by atoms with Gasteiger partial charge in [0.2, 0.25) is 0 Å². The number of nitrogen functional groups attached to an aromatic ring is 1. The van der Waals surface area contributed by atoms with E-state index in [0.29, 0.717) is 0 Å². The fraction of sp³-hybridized carbons (Fsp3) is 0.571. The second-order valence-electron chi connectivity index (χ2n) is 4.70. The molecule has 0 unspecified atom stereocenters. The number of hydrogen-bond donors (Lipinski definition) is 1. The minimum Gasteiger partial charge on any atom is -0.398 e. The van der Waals surface area contributed by atoms with Gasteiger partial charge < -0.3 is 5.73 Å². The molecule has 0 heterocycles. The maximum absolute atomic E-state index is 6.29. The van der Waals surface area contributed by atoms with Crippen LogP contribution in [0.5, 0.6) is 0 Å². The third kappa shape index (κ3) is 1.54. The van der Waals surface area contributed by atoms with Crippen molar-refractivity contribution in [2.45, 2.75) is 52.9 Å². The van der Waals surface area contributed by atoms with Crippen molar-refractivity contribution < 1.29 is 0 Å². The van der Waals surface area contributed by atoms with E-state index >= 15 is 0 Å². The molecule has 15 heavy (non-hydrogen) atoms. The average molecular weight is 203 g/mol. The van der Waals surface area contributed by atoms with E-state index < -0.39 is 0 Å². The van der Waals surface area contributed by atoms with E-state index in [-0.39, 0.29) is 0 Å². The molecule has 2 N–H and O–H groups in total. The monoisotopic (exact) mass is 203 g/mol. The SMILES string of the molecule is CCCc1c(C)c(C)c2c(c1N)CCC2. The van der Waals surface area contributed by atoms with Crippen molar-refractivity contribution in [3.8, 4) is 0 Å². The summed E-state index contributed by atoms with van der Waals surface area (Å²) in [4.78, 5) is 0. The molecular formula is C14H21N. The maximum Gasteiger partial charge on any atom is 0.0384 e. The second kappa shape index (κ2) is 3.88. The van der Waals surface area contributed by atoms with Crippen LogP contribution in [0.4, 0.5) is 5.69 Å². The number of anilines is 1. The van der Waals surface area contributed by atoms with Crippen molar-refractivity contribution >= 4 is 5.69 Å². The Morgan fingerprint density at radius 3 is 2.40 bits per heavy atom. The molecule has 82 valence electrons. The van der Waals surface area contributed by atoms with Crippen LogP contribution in [-0.2, 0) is 19.3 Å². The van der Waals surface area contributed by atoms with Crippen molar-refractivity contribution in [2.75, 3.05) is 5.73 Å². The van der Waals surface area contributed by atoms with Crippen LogP contribution in [0.3, 0.4) is 0 Å². The molecule has 0 amide bonds. The molecular weight excluding hydrogens is 182 g/mol. The fourth-order valence-electron chi connectivity index (χ4n) is 2.86.